The standard InChI is InChI=1S/C27H34N2O9/c1-5-6-7-8-9-10-11-12-13-21-14-20-15-29(27(33)28-25(20)37-21)26-24(36-19(4)32)23(35-18(3)31)22(38-26)16-34-17(2)30/h14-15,22-24,26H,5-11,16H2,1-4H3/t22-,23-,24+,26-/m1/s1. The Kier molecular flexibility index (Phi) is 10.5. The monoisotopic (exact) mass is 530 g/mol. The van der Waals surface area contributed by atoms with Gasteiger partial charge in [-0.05, 0) is 12.3 Å². The van der Waals surface area contributed by atoms with E-state index in [9.17, 15) is 19.2 Å². The molecule has 0 unspecified atom stereocenters. The number of carbonyl (C=O) groups is 3. The van der Waals surface area contributed by atoms with E-state index in [2.05, 4.69) is 23.7 Å². The Balaban J connectivity index is 1.82. The van der Waals surface area contributed by atoms with Crippen LogP contribution in [0.2, 0.25) is 0 Å². The fourth-order valence-electron chi connectivity index (χ4n) is 4.23. The predicted octanol–water partition coefficient (Wildman–Crippen LogP) is 3.42. The summed E-state index contributed by atoms with van der Waals surface area (Å²) < 4.78 is 28.4. The third-order valence-electron chi connectivity index (χ3n) is 5.92. The lowest BCUT2D eigenvalue weighted by molar-refractivity contribution is -0.166. The molecule has 11 heteroatoms. The first-order valence-electron chi connectivity index (χ1n) is 12.8. The molecule has 1 aliphatic heterocycles. The lowest BCUT2D eigenvalue weighted by atomic mass is 10.1. The molecule has 2 aromatic heterocycles. The van der Waals surface area contributed by atoms with Gasteiger partial charge in [0, 0.05) is 39.5 Å². The fraction of sp³-hybridized carbons (Fsp3) is 0.593. The Labute approximate surface area is 220 Å². The summed E-state index contributed by atoms with van der Waals surface area (Å²) in [4.78, 5) is 51.9. The number of esters is 3. The third-order valence-corrected chi connectivity index (χ3v) is 5.92. The van der Waals surface area contributed by atoms with Gasteiger partial charge in [-0.25, -0.2) is 4.79 Å². The molecule has 0 spiro atoms. The predicted molar refractivity (Wildman–Crippen MR) is 135 cm³/mol. The van der Waals surface area contributed by atoms with Crippen LogP contribution in [0, 0.1) is 11.8 Å². The van der Waals surface area contributed by atoms with Crippen LogP contribution >= 0.6 is 0 Å². The SMILES string of the molecule is CCCCCCCCC#Cc1cc2cn([C@@H]3O[C@H](COC(C)=O)[C@@H](OC(C)=O)[C@@H]3OC(C)=O)c(=O)nc2o1. The van der Waals surface area contributed by atoms with Gasteiger partial charge in [0.2, 0.25) is 5.71 Å². The van der Waals surface area contributed by atoms with Gasteiger partial charge in [-0.15, -0.1) is 0 Å². The van der Waals surface area contributed by atoms with Crippen molar-refractivity contribution < 1.29 is 37.7 Å². The number of hydrogen-bond acceptors (Lipinski definition) is 10. The Morgan fingerprint density at radius 2 is 1.68 bits per heavy atom. The molecular formula is C27H34N2O9. The average Bonchev–Trinajstić information content (AvgIpc) is 3.38. The van der Waals surface area contributed by atoms with Gasteiger partial charge in [-0.2, -0.15) is 4.98 Å². The van der Waals surface area contributed by atoms with Crippen molar-refractivity contribution in [3.05, 3.63) is 28.5 Å². The summed E-state index contributed by atoms with van der Waals surface area (Å²) in [7, 11) is 0. The Morgan fingerprint density at radius 1 is 1.00 bits per heavy atom. The van der Waals surface area contributed by atoms with Crippen molar-refractivity contribution in [2.45, 2.75) is 97.2 Å². The smallest absolute Gasteiger partial charge is 0.353 e. The van der Waals surface area contributed by atoms with Gasteiger partial charge < -0.3 is 23.4 Å². The number of unbranched alkanes of at least 4 members (excludes halogenated alkanes) is 6. The molecule has 0 aromatic carbocycles. The van der Waals surface area contributed by atoms with Gasteiger partial charge in [0.1, 0.15) is 12.7 Å². The van der Waals surface area contributed by atoms with Crippen LogP contribution in [0.4, 0.5) is 0 Å². The molecule has 1 aliphatic rings. The van der Waals surface area contributed by atoms with E-state index in [0.717, 1.165) is 23.8 Å². The Bertz CT molecular complexity index is 1250. The van der Waals surface area contributed by atoms with Crippen LogP contribution in [0.1, 0.15) is 84.6 Å². The van der Waals surface area contributed by atoms with Gasteiger partial charge in [0.15, 0.2) is 24.2 Å². The highest BCUT2D eigenvalue weighted by Crippen LogP contribution is 2.34. The number of nitrogens with zero attached hydrogens (tertiary/aromatic N) is 2. The fourth-order valence-corrected chi connectivity index (χ4v) is 4.23. The minimum Gasteiger partial charge on any atom is -0.463 e. The largest absolute Gasteiger partial charge is 0.463 e. The molecule has 3 heterocycles. The Morgan fingerprint density at radius 3 is 2.37 bits per heavy atom. The van der Waals surface area contributed by atoms with Gasteiger partial charge in [0.05, 0.1) is 5.39 Å². The van der Waals surface area contributed by atoms with Crippen molar-refractivity contribution in [2.75, 3.05) is 6.61 Å². The van der Waals surface area contributed by atoms with Crippen molar-refractivity contribution >= 4 is 29.0 Å². The highest BCUT2D eigenvalue weighted by Gasteiger charge is 2.51. The van der Waals surface area contributed by atoms with Crippen LogP contribution in [0.3, 0.4) is 0 Å². The normalized spacial score (nSPS) is 20.5. The van der Waals surface area contributed by atoms with E-state index in [1.165, 1.54) is 52.7 Å². The first-order valence-corrected chi connectivity index (χ1v) is 12.8. The van der Waals surface area contributed by atoms with E-state index >= 15 is 0 Å². The van der Waals surface area contributed by atoms with Crippen molar-refractivity contribution in [1.82, 2.24) is 9.55 Å². The maximum atomic E-state index is 12.9. The van der Waals surface area contributed by atoms with E-state index in [1.54, 1.807) is 6.07 Å². The van der Waals surface area contributed by atoms with Gasteiger partial charge in [0.25, 0.3) is 0 Å². The summed E-state index contributed by atoms with van der Waals surface area (Å²) >= 11 is 0. The number of carbonyl (C=O) groups excluding carboxylic acids is 3. The highest BCUT2D eigenvalue weighted by molar-refractivity contribution is 5.74. The first-order chi connectivity index (χ1) is 18.2. The molecule has 0 amide bonds. The second kappa shape index (κ2) is 13.8. The summed E-state index contributed by atoms with van der Waals surface area (Å²) in [6, 6.07) is 1.65. The minimum absolute atomic E-state index is 0.102. The molecule has 0 saturated carbocycles. The molecule has 0 N–H and O–H groups in total. The van der Waals surface area contributed by atoms with Gasteiger partial charge in [-0.3, -0.25) is 19.0 Å². The highest BCUT2D eigenvalue weighted by atomic mass is 16.7. The summed E-state index contributed by atoms with van der Waals surface area (Å²) in [5, 5.41) is 0.478. The number of ether oxygens (including phenoxy) is 4. The minimum atomic E-state index is -1.20. The molecule has 1 saturated heterocycles. The quantitative estimate of drug-likeness (QED) is 0.184. The summed E-state index contributed by atoms with van der Waals surface area (Å²) in [6.07, 6.45) is 4.72. The van der Waals surface area contributed by atoms with Crippen LogP contribution in [-0.2, 0) is 33.3 Å². The van der Waals surface area contributed by atoms with Crippen LogP contribution in [0.5, 0.6) is 0 Å². The lowest BCUT2D eigenvalue weighted by Gasteiger charge is -2.23. The van der Waals surface area contributed by atoms with Crippen molar-refractivity contribution in [1.29, 1.82) is 0 Å². The number of fused-ring (bicyclic) bond motifs is 1. The second-order valence-electron chi connectivity index (χ2n) is 9.14. The molecule has 2 aromatic rings. The molecule has 3 rings (SSSR count). The maximum absolute atomic E-state index is 12.9. The van der Waals surface area contributed by atoms with Crippen LogP contribution < -0.4 is 5.69 Å². The maximum Gasteiger partial charge on any atom is 0.353 e. The van der Waals surface area contributed by atoms with E-state index in [0.29, 0.717) is 11.1 Å². The van der Waals surface area contributed by atoms with E-state index in [1.807, 2.05) is 0 Å². The summed E-state index contributed by atoms with van der Waals surface area (Å²) in [5.41, 5.74) is -0.638. The molecule has 4 atom stereocenters. The summed E-state index contributed by atoms with van der Waals surface area (Å²) in [6.45, 7) is 5.48. The molecule has 0 radical (unpaired) electrons. The lowest BCUT2D eigenvalue weighted by Crippen LogP contribution is -2.41. The van der Waals surface area contributed by atoms with E-state index < -0.39 is 48.1 Å². The molecule has 11 nitrogen and oxygen atoms in total. The molecule has 1 fully saturated rings. The molecule has 206 valence electrons. The molecule has 38 heavy (non-hydrogen) atoms. The van der Waals surface area contributed by atoms with Crippen LogP contribution in [0.15, 0.2) is 21.5 Å². The van der Waals surface area contributed by atoms with Gasteiger partial charge >= 0.3 is 23.6 Å². The molecule has 0 aliphatic carbocycles. The Hall–Kier alpha value is -3.65. The zero-order valence-electron chi connectivity index (χ0n) is 22.2. The number of aromatic nitrogens is 2. The second-order valence-corrected chi connectivity index (χ2v) is 9.14. The zero-order valence-corrected chi connectivity index (χ0v) is 22.2. The van der Waals surface area contributed by atoms with Crippen molar-refractivity contribution in [3.8, 4) is 11.8 Å². The van der Waals surface area contributed by atoms with Crippen molar-refractivity contribution in [2.24, 2.45) is 0 Å². The zero-order chi connectivity index (χ0) is 27.7. The van der Waals surface area contributed by atoms with E-state index in [4.69, 9.17) is 23.4 Å². The van der Waals surface area contributed by atoms with Crippen molar-refractivity contribution in [3.63, 3.8) is 0 Å². The van der Waals surface area contributed by atoms with Crippen LogP contribution in [0.25, 0.3) is 11.1 Å². The first kappa shape index (κ1) is 28.9. The van der Waals surface area contributed by atoms with Crippen LogP contribution in [-0.4, -0.2) is 52.4 Å². The average molecular weight is 531 g/mol. The number of furan rings is 1. The number of rotatable bonds is 11. The molecular weight excluding hydrogens is 496 g/mol. The third kappa shape index (κ3) is 7.92. The topological polar surface area (TPSA) is 136 Å². The van der Waals surface area contributed by atoms with Gasteiger partial charge in [-0.1, -0.05) is 44.9 Å². The number of hydrogen-bond donors (Lipinski definition) is 0. The van der Waals surface area contributed by atoms with E-state index in [-0.39, 0.29) is 12.3 Å². The summed E-state index contributed by atoms with van der Waals surface area (Å²) in [5.74, 6) is 4.51. The molecule has 0 bridgehead atoms.